The van der Waals surface area contributed by atoms with E-state index in [1.807, 2.05) is 11.9 Å². The summed E-state index contributed by atoms with van der Waals surface area (Å²) >= 11 is 1.35. The Labute approximate surface area is 194 Å². The summed E-state index contributed by atoms with van der Waals surface area (Å²) in [6.45, 7) is 1.36. The lowest BCUT2D eigenvalue weighted by molar-refractivity contribution is -0.133. The number of rotatable bonds is 6. The number of piperidine rings is 2. The van der Waals surface area contributed by atoms with E-state index in [0.717, 1.165) is 4.90 Å². The maximum absolute atomic E-state index is 13.4. The summed E-state index contributed by atoms with van der Waals surface area (Å²) < 4.78 is 63.9. The van der Waals surface area contributed by atoms with Gasteiger partial charge in [0.2, 0.25) is 10.0 Å². The van der Waals surface area contributed by atoms with Crippen molar-refractivity contribution < 1.29 is 31.6 Å². The molecule has 1 amide bonds. The van der Waals surface area contributed by atoms with Gasteiger partial charge >= 0.3 is 5.51 Å². The van der Waals surface area contributed by atoms with Gasteiger partial charge in [-0.25, -0.2) is 18.2 Å². The largest absolute Gasteiger partial charge is 0.446 e. The molecule has 0 atom stereocenters. The quantitative estimate of drug-likeness (QED) is 0.343. The van der Waals surface area contributed by atoms with Gasteiger partial charge in [-0.1, -0.05) is 0 Å². The van der Waals surface area contributed by atoms with Crippen molar-refractivity contribution in [2.45, 2.75) is 51.0 Å². The number of alkyl halides is 3. The molecule has 2 N–H and O–H groups in total. The van der Waals surface area contributed by atoms with E-state index in [1.165, 1.54) is 28.2 Å². The lowest BCUT2D eigenvalue weighted by atomic mass is 9.95. The lowest BCUT2D eigenvalue weighted by Gasteiger charge is -2.42. The molecule has 0 aromatic heterocycles. The zero-order chi connectivity index (χ0) is 23.6. The van der Waals surface area contributed by atoms with Crippen LogP contribution in [0.1, 0.15) is 25.7 Å². The average Bonchev–Trinajstić information content (AvgIpc) is 2.74. The maximum Gasteiger partial charge on any atom is 0.446 e. The third-order valence-corrected chi connectivity index (χ3v) is 10.6. The Morgan fingerprint density at radius 3 is 2.12 bits per heavy atom. The van der Waals surface area contributed by atoms with Gasteiger partial charge < -0.3 is 4.90 Å². The van der Waals surface area contributed by atoms with E-state index in [2.05, 4.69) is 0 Å². The summed E-state index contributed by atoms with van der Waals surface area (Å²) in [6.07, 6.45) is 1.32. The number of nitrogens with zero attached hydrogens (tertiary/aromatic N) is 2. The van der Waals surface area contributed by atoms with Crippen LogP contribution in [0.15, 0.2) is 34.1 Å². The topological polar surface area (TPSA) is 90.0 Å². The SMILES string of the molecule is CN1CCC(C(=O)NO)(S(=O)(=O)N2CCC(Sc3ccc(SC(F)(F)F)cc3)CC2)CC1. The van der Waals surface area contributed by atoms with Gasteiger partial charge in [-0.15, -0.1) is 11.8 Å². The first-order chi connectivity index (χ1) is 15.0. The minimum Gasteiger partial charge on any atom is -0.306 e. The van der Waals surface area contributed by atoms with E-state index in [1.54, 1.807) is 17.6 Å². The van der Waals surface area contributed by atoms with E-state index in [-0.39, 0.29) is 47.8 Å². The second kappa shape index (κ2) is 10.1. The molecule has 7 nitrogen and oxygen atoms in total. The summed E-state index contributed by atoms with van der Waals surface area (Å²) in [5, 5.41) is 9.32. The molecular weight excluding hydrogens is 487 g/mol. The molecule has 13 heteroatoms. The molecule has 3 rings (SSSR count). The number of carbonyl (C=O) groups excluding carboxylic acids is 1. The Bertz CT molecular complexity index is 897. The van der Waals surface area contributed by atoms with E-state index in [4.69, 9.17) is 0 Å². The first-order valence-electron chi connectivity index (χ1n) is 10.1. The molecule has 2 saturated heterocycles. The monoisotopic (exact) mass is 513 g/mol. The van der Waals surface area contributed by atoms with Crippen molar-refractivity contribution >= 4 is 39.5 Å². The molecule has 1 aromatic rings. The van der Waals surface area contributed by atoms with Gasteiger partial charge in [0.25, 0.3) is 5.91 Å². The van der Waals surface area contributed by atoms with Crippen molar-refractivity contribution in [1.29, 1.82) is 0 Å². The van der Waals surface area contributed by atoms with Gasteiger partial charge in [-0.2, -0.15) is 13.2 Å². The van der Waals surface area contributed by atoms with E-state index >= 15 is 0 Å². The van der Waals surface area contributed by atoms with Crippen LogP contribution < -0.4 is 5.48 Å². The summed E-state index contributed by atoms with van der Waals surface area (Å²) in [7, 11) is -2.13. The van der Waals surface area contributed by atoms with Gasteiger partial charge in [0, 0.05) is 28.1 Å². The molecule has 0 saturated carbocycles. The van der Waals surface area contributed by atoms with Gasteiger partial charge in [0.1, 0.15) is 0 Å². The third-order valence-electron chi connectivity index (χ3n) is 5.90. The highest BCUT2D eigenvalue weighted by Gasteiger charge is 2.54. The number of sulfonamides is 1. The van der Waals surface area contributed by atoms with Crippen molar-refractivity contribution in [3.63, 3.8) is 0 Å². The number of hydroxylamine groups is 1. The van der Waals surface area contributed by atoms with Crippen LogP contribution in [-0.4, -0.2) is 77.5 Å². The summed E-state index contributed by atoms with van der Waals surface area (Å²) in [5.41, 5.74) is -2.77. The average molecular weight is 514 g/mol. The van der Waals surface area contributed by atoms with Gasteiger partial charge in [-0.05, 0) is 81.8 Å². The van der Waals surface area contributed by atoms with Crippen LogP contribution in [0, 0.1) is 0 Å². The van der Waals surface area contributed by atoms with Gasteiger partial charge in [0.15, 0.2) is 4.75 Å². The zero-order valence-electron chi connectivity index (χ0n) is 17.5. The molecule has 2 aliphatic rings. The van der Waals surface area contributed by atoms with Crippen LogP contribution in [0.25, 0.3) is 0 Å². The molecule has 1 aromatic carbocycles. The molecule has 32 heavy (non-hydrogen) atoms. The summed E-state index contributed by atoms with van der Waals surface area (Å²) in [4.78, 5) is 15.3. The number of carbonyl (C=O) groups is 1. The lowest BCUT2D eigenvalue weighted by Crippen LogP contribution is -2.62. The van der Waals surface area contributed by atoms with E-state index < -0.39 is 26.2 Å². The Morgan fingerprint density at radius 1 is 1.09 bits per heavy atom. The molecule has 2 aliphatic heterocycles. The maximum atomic E-state index is 13.4. The number of hydrogen-bond donors (Lipinski definition) is 2. The Balaban J connectivity index is 1.62. The minimum atomic E-state index is -4.33. The number of nitrogens with one attached hydrogen (secondary N) is 1. The second-order valence-corrected chi connectivity index (χ2v) is 12.7. The molecule has 0 aliphatic carbocycles. The smallest absolute Gasteiger partial charge is 0.306 e. The highest BCUT2D eigenvalue weighted by atomic mass is 32.2. The number of likely N-dealkylation sites (tertiary alicyclic amines) is 1. The molecule has 0 spiro atoms. The Hall–Kier alpha value is -0.990. The van der Waals surface area contributed by atoms with Crippen LogP contribution in [0.5, 0.6) is 0 Å². The first kappa shape index (κ1) is 25.6. The highest BCUT2D eigenvalue weighted by Crippen LogP contribution is 2.39. The van der Waals surface area contributed by atoms with E-state index in [9.17, 15) is 31.6 Å². The number of thioether (sulfide) groups is 2. The number of benzene rings is 1. The van der Waals surface area contributed by atoms with Crippen molar-refractivity contribution in [1.82, 2.24) is 14.7 Å². The van der Waals surface area contributed by atoms with Crippen molar-refractivity contribution in [2.24, 2.45) is 0 Å². The van der Waals surface area contributed by atoms with Crippen LogP contribution in [0.3, 0.4) is 0 Å². The zero-order valence-corrected chi connectivity index (χ0v) is 19.9. The molecule has 0 radical (unpaired) electrons. The Kier molecular flexibility index (Phi) is 8.09. The molecule has 180 valence electrons. The number of hydrogen-bond acceptors (Lipinski definition) is 7. The van der Waals surface area contributed by atoms with Crippen LogP contribution in [-0.2, 0) is 14.8 Å². The standard InChI is InChI=1S/C19H26F3N3O4S3/c1-24-12-8-18(9-13-24,17(26)23-27)32(28,29)25-10-6-15(7-11-25)30-14-2-4-16(5-3-14)31-19(20,21)22/h2-5,15,27H,6-13H2,1H3,(H,23,26). The van der Waals surface area contributed by atoms with Crippen molar-refractivity contribution in [3.05, 3.63) is 24.3 Å². The normalized spacial score (nSPS) is 21.4. The second-order valence-electron chi connectivity index (χ2n) is 7.98. The predicted molar refractivity (Wildman–Crippen MR) is 117 cm³/mol. The van der Waals surface area contributed by atoms with Crippen LogP contribution in [0.2, 0.25) is 0 Å². The summed E-state index contributed by atoms with van der Waals surface area (Å²) in [6, 6.07) is 6.14. The molecule has 0 unspecified atom stereocenters. The number of amides is 1. The molecular formula is C19H26F3N3O4S3. The fourth-order valence-corrected chi connectivity index (χ4v) is 7.86. The van der Waals surface area contributed by atoms with Crippen molar-refractivity contribution in [3.8, 4) is 0 Å². The first-order valence-corrected chi connectivity index (χ1v) is 13.3. The van der Waals surface area contributed by atoms with Crippen molar-refractivity contribution in [2.75, 3.05) is 33.2 Å². The van der Waals surface area contributed by atoms with Gasteiger partial charge in [0.05, 0.1) is 0 Å². The fraction of sp³-hybridized carbons (Fsp3) is 0.632. The van der Waals surface area contributed by atoms with E-state index in [0.29, 0.717) is 25.9 Å². The molecule has 2 fully saturated rings. The fourth-order valence-electron chi connectivity index (χ4n) is 4.03. The number of halogens is 3. The molecule has 2 heterocycles. The minimum absolute atomic E-state index is 0.106. The Morgan fingerprint density at radius 2 is 1.62 bits per heavy atom. The third kappa shape index (κ3) is 5.73. The summed E-state index contributed by atoms with van der Waals surface area (Å²) in [5.74, 6) is -0.890. The highest BCUT2D eigenvalue weighted by molar-refractivity contribution is 8.00. The van der Waals surface area contributed by atoms with Crippen LogP contribution >= 0.6 is 23.5 Å². The van der Waals surface area contributed by atoms with Crippen LogP contribution in [0.4, 0.5) is 13.2 Å². The molecule has 0 bridgehead atoms. The van der Waals surface area contributed by atoms with Gasteiger partial charge in [-0.3, -0.25) is 10.0 Å². The predicted octanol–water partition coefficient (Wildman–Crippen LogP) is 3.15.